The number of halogens is 4. The van der Waals surface area contributed by atoms with Crippen LogP contribution in [0.5, 0.6) is 5.75 Å². The molecule has 4 aromatic carbocycles. The molecule has 2 N–H and O–H groups in total. The van der Waals surface area contributed by atoms with E-state index in [4.69, 9.17) is 20.8 Å². The number of ether oxygens (including phenoxy) is 1. The lowest BCUT2D eigenvalue weighted by molar-refractivity contribution is -0.137. The maximum atomic E-state index is 14.9. The summed E-state index contributed by atoms with van der Waals surface area (Å²) in [4.78, 5) is 31.6. The molecule has 11 heteroatoms. The Morgan fingerprint density at radius 2 is 1.60 bits per heavy atom. The van der Waals surface area contributed by atoms with E-state index in [1.54, 1.807) is 6.07 Å². The number of aliphatic hydroxyl groups excluding tert-OH is 1. The van der Waals surface area contributed by atoms with Crippen molar-refractivity contribution in [3.63, 3.8) is 0 Å². The number of alkyl halides is 3. The van der Waals surface area contributed by atoms with Crippen molar-refractivity contribution >= 4 is 34.2 Å². The molecule has 0 aliphatic heterocycles. The van der Waals surface area contributed by atoms with Crippen LogP contribution in [0.25, 0.3) is 22.1 Å². The largest absolute Gasteiger partial charge is 0.453 e. The molecule has 7 aliphatic rings. The standard InChI is InChI=1S/C56H59ClF3NO6/c1-34-6-5-20-53(2)47(44-15-10-35(25-42(62)13-9-34)26-45(44)51(63)50-18-17-49(67-50)46-28-41(56(58,59)60)12-16-48(46)57)19-21-55(53,65)33-61(32-54-29-36-22-37(30-54)24-38(23-36)31-54)52(64)66-43-14-11-39-7-3-4-8-40(39)27-43/h3-4,6-8,10-12,14-18,26-28,36-38,42,47,62,65H,5,9,13,19-25,29-33H2,1-2H3/t36?,37?,38?,42-,47-,53-,54?,55+/m0/s1. The Hall–Kier alpha value is -4.90. The van der Waals surface area contributed by atoms with E-state index < -0.39 is 40.7 Å². The first-order valence-electron chi connectivity index (χ1n) is 24.1. The lowest BCUT2D eigenvalue weighted by atomic mass is 9.49. The molecule has 5 saturated carbocycles. The van der Waals surface area contributed by atoms with Crippen LogP contribution in [0.1, 0.15) is 130 Å². The van der Waals surface area contributed by atoms with Gasteiger partial charge in [0, 0.05) is 23.1 Å². The maximum Gasteiger partial charge on any atom is 0.416 e. The fourth-order valence-corrected chi connectivity index (χ4v) is 13.8. The van der Waals surface area contributed by atoms with Crippen LogP contribution in [0.15, 0.2) is 107 Å². The van der Waals surface area contributed by atoms with Gasteiger partial charge in [-0.05, 0) is 190 Å². The lowest BCUT2D eigenvalue weighted by Gasteiger charge is -2.58. The van der Waals surface area contributed by atoms with E-state index in [2.05, 4.69) is 19.9 Å². The number of furan rings is 1. The van der Waals surface area contributed by atoms with Crippen molar-refractivity contribution in [3.05, 3.63) is 136 Å². The number of rotatable bonds is 8. The second-order valence-corrected chi connectivity index (χ2v) is 21.7. The van der Waals surface area contributed by atoms with Gasteiger partial charge in [-0.15, -0.1) is 0 Å². The summed E-state index contributed by atoms with van der Waals surface area (Å²) in [7, 11) is 0. The maximum absolute atomic E-state index is 14.9. The van der Waals surface area contributed by atoms with Crippen LogP contribution in [0, 0.1) is 28.6 Å². The molecule has 5 aromatic rings. The summed E-state index contributed by atoms with van der Waals surface area (Å²) in [6.45, 7) is 4.74. The van der Waals surface area contributed by atoms with Crippen molar-refractivity contribution < 1.29 is 42.1 Å². The van der Waals surface area contributed by atoms with Gasteiger partial charge in [0.25, 0.3) is 0 Å². The summed E-state index contributed by atoms with van der Waals surface area (Å²) in [5.41, 5.74) is -0.229. The Morgan fingerprint density at radius 3 is 2.33 bits per heavy atom. The fraction of sp³-hybridized carbons (Fsp3) is 0.464. The summed E-state index contributed by atoms with van der Waals surface area (Å²) in [5, 5.41) is 26.7. The number of allylic oxidation sites excluding steroid dienone is 2. The van der Waals surface area contributed by atoms with E-state index in [0.717, 1.165) is 59.4 Å². The number of carbonyl (C=O) groups excluding carboxylic acids is 2. The quantitative estimate of drug-likeness (QED) is 0.119. The van der Waals surface area contributed by atoms with Crippen molar-refractivity contribution in [1.82, 2.24) is 4.90 Å². The molecular weight excluding hydrogens is 875 g/mol. The third-order valence-corrected chi connectivity index (χ3v) is 17.0. The molecule has 352 valence electrons. The second kappa shape index (κ2) is 17.6. The van der Waals surface area contributed by atoms with Gasteiger partial charge in [0.05, 0.1) is 28.8 Å². The summed E-state index contributed by atoms with van der Waals surface area (Å²) in [6, 6.07) is 25.2. The Labute approximate surface area is 395 Å². The molecular formula is C56H59ClF3NO6. The van der Waals surface area contributed by atoms with Crippen LogP contribution in [-0.4, -0.2) is 51.8 Å². The molecule has 1 heterocycles. The summed E-state index contributed by atoms with van der Waals surface area (Å²) >= 11 is 6.40. The minimum absolute atomic E-state index is 0.0103. The zero-order chi connectivity index (χ0) is 46.9. The number of fused-ring (bicyclic) bond motifs is 9. The molecule has 6 bridgehead atoms. The first-order valence-corrected chi connectivity index (χ1v) is 24.5. The molecule has 7 nitrogen and oxygen atoms in total. The topological polar surface area (TPSA) is 100 Å². The van der Waals surface area contributed by atoms with E-state index in [9.17, 15) is 33.0 Å². The molecule has 5 fully saturated rings. The zero-order valence-electron chi connectivity index (χ0n) is 38.2. The van der Waals surface area contributed by atoms with Crippen molar-refractivity contribution in [3.8, 4) is 17.1 Å². The minimum atomic E-state index is -4.61. The van der Waals surface area contributed by atoms with Crippen LogP contribution in [0.4, 0.5) is 18.0 Å². The smallest absolute Gasteiger partial charge is 0.416 e. The van der Waals surface area contributed by atoms with E-state index in [1.165, 1.54) is 31.4 Å². The molecule has 0 saturated heterocycles. The van der Waals surface area contributed by atoms with Gasteiger partial charge in [0.2, 0.25) is 5.78 Å². The Kier molecular flexibility index (Phi) is 12.0. The van der Waals surface area contributed by atoms with E-state index in [0.29, 0.717) is 86.1 Å². The highest BCUT2D eigenvalue weighted by Gasteiger charge is 2.59. The van der Waals surface area contributed by atoms with Gasteiger partial charge in [-0.3, -0.25) is 4.79 Å². The third-order valence-electron chi connectivity index (χ3n) is 16.6. The summed E-state index contributed by atoms with van der Waals surface area (Å²) in [5.74, 6) is 1.54. The van der Waals surface area contributed by atoms with Crippen LogP contribution in [0.2, 0.25) is 5.02 Å². The normalized spacial score (nSPS) is 29.4. The highest BCUT2D eigenvalue weighted by atomic mass is 35.5. The number of benzene rings is 4. The van der Waals surface area contributed by atoms with Gasteiger partial charge in [0.1, 0.15) is 11.5 Å². The van der Waals surface area contributed by atoms with Crippen LogP contribution >= 0.6 is 11.6 Å². The summed E-state index contributed by atoms with van der Waals surface area (Å²) < 4.78 is 53.6. The van der Waals surface area contributed by atoms with Gasteiger partial charge in [-0.1, -0.05) is 72.6 Å². The Morgan fingerprint density at radius 1 is 0.866 bits per heavy atom. The monoisotopic (exact) mass is 933 g/mol. The van der Waals surface area contributed by atoms with Crippen molar-refractivity contribution in [2.45, 2.75) is 121 Å². The number of carbonyl (C=O) groups is 2. The van der Waals surface area contributed by atoms with Crippen molar-refractivity contribution in [2.24, 2.45) is 28.6 Å². The van der Waals surface area contributed by atoms with E-state index >= 15 is 0 Å². The number of amides is 1. The second-order valence-electron chi connectivity index (χ2n) is 21.3. The van der Waals surface area contributed by atoms with Gasteiger partial charge in [0.15, 0.2) is 5.76 Å². The Bertz CT molecular complexity index is 2710. The van der Waals surface area contributed by atoms with Gasteiger partial charge < -0.3 is 24.3 Å². The average molecular weight is 935 g/mol. The first-order chi connectivity index (χ1) is 32.0. The van der Waals surface area contributed by atoms with Gasteiger partial charge in [-0.2, -0.15) is 13.2 Å². The number of aliphatic hydroxyl groups is 2. The van der Waals surface area contributed by atoms with Crippen LogP contribution in [-0.2, 0) is 12.6 Å². The zero-order valence-corrected chi connectivity index (χ0v) is 39.0. The molecule has 7 aliphatic carbocycles. The fourth-order valence-electron chi connectivity index (χ4n) is 13.6. The predicted octanol–water partition coefficient (Wildman–Crippen LogP) is 13.8. The number of nitrogens with zero attached hydrogens (tertiary/aromatic N) is 1. The van der Waals surface area contributed by atoms with Crippen molar-refractivity contribution in [2.75, 3.05) is 13.1 Å². The van der Waals surface area contributed by atoms with Gasteiger partial charge in [-0.25, -0.2) is 4.79 Å². The molecule has 1 aromatic heterocycles. The molecule has 0 spiro atoms. The molecule has 67 heavy (non-hydrogen) atoms. The molecule has 4 atom stereocenters. The number of hydrogen-bond donors (Lipinski definition) is 2. The molecule has 0 unspecified atom stereocenters. The third kappa shape index (κ3) is 8.99. The van der Waals surface area contributed by atoms with E-state index in [1.807, 2.05) is 59.5 Å². The van der Waals surface area contributed by atoms with Gasteiger partial charge >= 0.3 is 12.3 Å². The molecule has 12 rings (SSSR count). The van der Waals surface area contributed by atoms with Crippen LogP contribution in [0.3, 0.4) is 0 Å². The number of hydrogen-bond acceptors (Lipinski definition) is 6. The number of ketones is 1. The van der Waals surface area contributed by atoms with Crippen molar-refractivity contribution in [1.29, 1.82) is 0 Å². The summed E-state index contributed by atoms with van der Waals surface area (Å²) in [6.07, 6.45) is 7.02. The highest BCUT2D eigenvalue weighted by molar-refractivity contribution is 6.33. The highest BCUT2D eigenvalue weighted by Crippen LogP contribution is 2.62. The molecule has 1 amide bonds. The predicted molar refractivity (Wildman–Crippen MR) is 253 cm³/mol. The molecule has 0 radical (unpaired) electrons. The lowest BCUT2D eigenvalue weighted by Crippen LogP contribution is -2.58. The Balaban J connectivity index is 1.02. The average Bonchev–Trinajstić information content (AvgIpc) is 3.86. The van der Waals surface area contributed by atoms with E-state index in [-0.39, 0.29) is 40.0 Å². The first kappa shape index (κ1) is 45.9. The van der Waals surface area contributed by atoms with Crippen LogP contribution < -0.4 is 4.74 Å². The SMILES string of the molecule is CC1=CCC[C@@]2(C)[C@@H](CC[C@@]2(O)CN(CC23CC4CC(CC(C4)C2)C3)C(=O)Oc2ccc3ccccc3c2)c2ccc(cc2C(=O)c2ccc(-c3cc(C(F)(F)F)ccc3Cl)o2)C[C@@H](O)CC1. The minimum Gasteiger partial charge on any atom is -0.453 e.